The first-order valence-corrected chi connectivity index (χ1v) is 45.2. The molecule has 0 radical (unpaired) electrons. The van der Waals surface area contributed by atoms with Gasteiger partial charge in [-0.05, 0) is 221 Å². The number of hydrogen-bond acceptors (Lipinski definition) is 4. The maximum atomic E-state index is 7.11. The Bertz CT molecular complexity index is 8970. The fourth-order valence-electron chi connectivity index (χ4n) is 21.0. The van der Waals surface area contributed by atoms with Crippen LogP contribution in [-0.4, -0.2) is 9.13 Å². The van der Waals surface area contributed by atoms with E-state index in [1.807, 2.05) is 6.07 Å². The summed E-state index contributed by atoms with van der Waals surface area (Å²) >= 11 is 0. The minimum atomic E-state index is 0.832. The summed E-state index contributed by atoms with van der Waals surface area (Å²) in [6.45, 7) is 0. The smallest absolute Gasteiger partial charge is 0.143 e. The molecule has 0 saturated carbocycles. The molecule has 0 fully saturated rings. The number of nitrogens with zero attached hydrogens (tertiary/aromatic N) is 4. The Balaban J connectivity index is 0.565. The second-order valence-corrected chi connectivity index (χ2v) is 34.5. The van der Waals surface area contributed by atoms with Gasteiger partial charge in [0.05, 0.1) is 39.1 Å². The fourth-order valence-corrected chi connectivity index (χ4v) is 21.0. The van der Waals surface area contributed by atoms with Crippen LogP contribution >= 0.6 is 0 Å². The molecule has 26 aromatic rings. The molecule has 6 heteroatoms. The maximum absolute atomic E-state index is 7.11. The van der Waals surface area contributed by atoms with Gasteiger partial charge in [-0.25, -0.2) is 0 Å². The Morgan fingerprint density at radius 1 is 0.152 bits per heavy atom. The molecule has 0 saturated heterocycles. The van der Waals surface area contributed by atoms with E-state index >= 15 is 0 Å². The highest BCUT2D eigenvalue weighted by atomic mass is 16.3. The van der Waals surface area contributed by atoms with E-state index in [1.165, 1.54) is 76.0 Å². The van der Waals surface area contributed by atoms with Crippen LogP contribution in [0.15, 0.2) is 494 Å². The monoisotopic (exact) mass is 1680 g/mol. The first kappa shape index (κ1) is 75.7. The van der Waals surface area contributed by atoms with Crippen molar-refractivity contribution in [3.8, 4) is 100 Å². The molecule has 0 amide bonds. The average Bonchev–Trinajstić information content (AvgIpc) is 1.03. The zero-order valence-electron chi connectivity index (χ0n) is 71.8. The largest absolute Gasteiger partial charge is 0.455 e. The van der Waals surface area contributed by atoms with Crippen molar-refractivity contribution < 1.29 is 8.83 Å². The molecule has 0 aliphatic carbocycles. The highest BCUT2D eigenvalue weighted by Gasteiger charge is 2.26. The number of benzene rings is 22. The van der Waals surface area contributed by atoms with Crippen molar-refractivity contribution in [2.24, 2.45) is 0 Å². The molecule has 22 aromatic carbocycles. The number of furan rings is 2. The van der Waals surface area contributed by atoms with Crippen molar-refractivity contribution in [3.63, 3.8) is 0 Å². The van der Waals surface area contributed by atoms with E-state index in [2.05, 4.69) is 498 Å². The molecule has 4 aromatic heterocycles. The minimum absolute atomic E-state index is 0.832. The summed E-state index contributed by atoms with van der Waals surface area (Å²) in [7, 11) is 0. The molecule has 0 bridgehead atoms. The van der Waals surface area contributed by atoms with Gasteiger partial charge in [-0.2, -0.15) is 0 Å². The van der Waals surface area contributed by atoms with Gasteiger partial charge in [0, 0.05) is 99.3 Å². The second-order valence-electron chi connectivity index (χ2n) is 34.5. The molecule has 6 nitrogen and oxygen atoms in total. The van der Waals surface area contributed by atoms with Crippen molar-refractivity contribution >= 4 is 154 Å². The number of para-hydroxylation sites is 8. The molecule has 0 spiro atoms. The zero-order valence-corrected chi connectivity index (χ0v) is 71.8. The molecule has 26 rings (SSSR count). The SMILES string of the molecule is c1ccc(-c2ccc(-c3ccc(N(c4cccc(-c5cccc6c5oc5ccccc56)c4)c4ccc5c6ccc(-c7ccc8oc9c(-c%10cccc(N(c%11ccc(-c%12ccc(-c%13ccccc%13)cc%12-n%12c%13ccccc%13c%13ccccc%13%12)cc%11)c%11ccccc%11-c%11ccccc%11)c%10)cccc9c8c7)cc6c6ccccc6c5c4)cc3)c(-n3c4ccccc4c4ccccc43)c2)cc1. The van der Waals surface area contributed by atoms with Crippen LogP contribution < -0.4 is 9.80 Å². The van der Waals surface area contributed by atoms with E-state index in [-0.39, 0.29) is 0 Å². The maximum Gasteiger partial charge on any atom is 0.143 e. The third kappa shape index (κ3) is 12.6. The third-order valence-electron chi connectivity index (χ3n) is 27.1. The second kappa shape index (κ2) is 31.2. The van der Waals surface area contributed by atoms with Crippen LogP contribution in [0.4, 0.5) is 34.1 Å². The van der Waals surface area contributed by atoms with Gasteiger partial charge in [-0.15, -0.1) is 0 Å². The van der Waals surface area contributed by atoms with Crippen molar-refractivity contribution in [2.75, 3.05) is 9.80 Å². The van der Waals surface area contributed by atoms with Gasteiger partial charge in [0.25, 0.3) is 0 Å². The zero-order chi connectivity index (χ0) is 86.9. The Kier molecular flexibility index (Phi) is 17.9. The molecule has 4 heterocycles. The standard InChI is InChI=1S/C126H80N4O2/c1-4-28-81(29-5-1)88-60-69-98(121(78-88)129-117-51-19-13-41-106(117)107-42-14-20-52-118(107)129)84-56-64-92(65-57-84)127(94-36-24-34-90(74-94)100-46-26-48-111-110-45-17-23-55-123(110)131-125(100)111)96-68-72-105-104-71-62-86(76-113(104)102-39-10-11-40-103(102)114(105)80-96)87-63-73-124-115(77-87)112-49-27-47-101(126(112)132-124)91-35-25-37-95(75-91)128(116-50-18-12-38-97(116)83-32-8-3-9-33-83)93-66-58-85(59-67-93)99-70-61-89(82-30-6-2-7-31-82)79-122(99)130-119-53-21-15-43-108(119)109-44-16-22-54-120(109)130/h1-80H. The van der Waals surface area contributed by atoms with Crippen molar-refractivity contribution in [2.45, 2.75) is 0 Å². The van der Waals surface area contributed by atoms with Crippen LogP contribution in [0.1, 0.15) is 0 Å². The van der Waals surface area contributed by atoms with Gasteiger partial charge in [-0.1, -0.05) is 358 Å². The molecule has 0 aliphatic rings. The van der Waals surface area contributed by atoms with Crippen molar-refractivity contribution in [1.82, 2.24) is 9.13 Å². The van der Waals surface area contributed by atoms with Gasteiger partial charge in [0.15, 0.2) is 0 Å². The normalized spacial score (nSPS) is 11.8. The molecule has 616 valence electrons. The van der Waals surface area contributed by atoms with Gasteiger partial charge in [0.2, 0.25) is 0 Å². The lowest BCUT2D eigenvalue weighted by Crippen LogP contribution is -2.11. The van der Waals surface area contributed by atoms with E-state index in [4.69, 9.17) is 8.83 Å². The van der Waals surface area contributed by atoms with Crippen LogP contribution in [0.3, 0.4) is 0 Å². The molecule has 132 heavy (non-hydrogen) atoms. The van der Waals surface area contributed by atoms with Crippen molar-refractivity contribution in [1.29, 1.82) is 0 Å². The summed E-state index contributed by atoms with van der Waals surface area (Å²) in [4.78, 5) is 4.84. The van der Waals surface area contributed by atoms with Gasteiger partial charge in [-0.3, -0.25) is 0 Å². The van der Waals surface area contributed by atoms with E-state index in [9.17, 15) is 0 Å². The van der Waals surface area contributed by atoms with Gasteiger partial charge < -0.3 is 27.8 Å². The summed E-state index contributed by atoms with van der Waals surface area (Å²) in [5.74, 6) is 0. The Morgan fingerprint density at radius 3 is 1.01 bits per heavy atom. The first-order chi connectivity index (χ1) is 65.5. The lowest BCUT2D eigenvalue weighted by Gasteiger charge is -2.28. The quantitative estimate of drug-likeness (QED) is 0.0904. The van der Waals surface area contributed by atoms with Crippen LogP contribution in [0.5, 0.6) is 0 Å². The number of hydrogen-bond donors (Lipinski definition) is 0. The highest BCUT2D eigenvalue weighted by Crippen LogP contribution is 2.50. The molecule has 0 atom stereocenters. The Morgan fingerprint density at radius 2 is 0.477 bits per heavy atom. The van der Waals surface area contributed by atoms with Gasteiger partial charge >= 0.3 is 0 Å². The van der Waals surface area contributed by atoms with E-state index in [0.717, 1.165) is 178 Å². The molecular weight excluding hydrogens is 1600 g/mol. The van der Waals surface area contributed by atoms with Crippen LogP contribution in [0.2, 0.25) is 0 Å². The first-order valence-electron chi connectivity index (χ1n) is 45.2. The van der Waals surface area contributed by atoms with Crippen molar-refractivity contribution in [3.05, 3.63) is 485 Å². The lowest BCUT2D eigenvalue weighted by atomic mass is 9.91. The number of anilines is 6. The molecular formula is C126H80N4O2. The van der Waals surface area contributed by atoms with Crippen LogP contribution in [-0.2, 0) is 0 Å². The predicted molar refractivity (Wildman–Crippen MR) is 555 cm³/mol. The summed E-state index contributed by atoms with van der Waals surface area (Å²) in [5.41, 5.74) is 34.3. The van der Waals surface area contributed by atoms with E-state index in [0.29, 0.717) is 0 Å². The number of rotatable bonds is 16. The van der Waals surface area contributed by atoms with Crippen LogP contribution in [0.25, 0.3) is 220 Å². The predicted octanol–water partition coefficient (Wildman–Crippen LogP) is 35.4. The number of aromatic nitrogens is 2. The summed E-state index contributed by atoms with van der Waals surface area (Å²) < 4.78 is 18.8. The fraction of sp³-hybridized carbons (Fsp3) is 0. The minimum Gasteiger partial charge on any atom is -0.455 e. The summed E-state index contributed by atoms with van der Waals surface area (Å²) in [5, 5.41) is 16.3. The summed E-state index contributed by atoms with van der Waals surface area (Å²) in [6, 6.07) is 177. The van der Waals surface area contributed by atoms with E-state index in [1.54, 1.807) is 0 Å². The Labute approximate surface area is 762 Å². The Hall–Kier alpha value is -17.6. The third-order valence-corrected chi connectivity index (χ3v) is 27.1. The highest BCUT2D eigenvalue weighted by molar-refractivity contribution is 6.27. The molecule has 0 aliphatic heterocycles. The molecule has 0 N–H and O–H groups in total. The lowest BCUT2D eigenvalue weighted by molar-refractivity contribution is 0.669. The summed E-state index contributed by atoms with van der Waals surface area (Å²) in [6.07, 6.45) is 0. The number of fused-ring (bicyclic) bond motifs is 18. The topological polar surface area (TPSA) is 42.6 Å². The molecule has 0 unspecified atom stereocenters. The van der Waals surface area contributed by atoms with Gasteiger partial charge in [0.1, 0.15) is 22.3 Å². The van der Waals surface area contributed by atoms with Crippen LogP contribution in [0, 0.1) is 0 Å². The average molecular weight is 1680 g/mol. The van der Waals surface area contributed by atoms with E-state index < -0.39 is 0 Å².